The summed E-state index contributed by atoms with van der Waals surface area (Å²) in [5, 5.41) is 13.1. The average Bonchev–Trinajstić information content (AvgIpc) is 2.46. The first kappa shape index (κ1) is 14.7. The molecule has 0 aliphatic rings. The fourth-order valence-electron chi connectivity index (χ4n) is 2.41. The maximum atomic E-state index is 9.52. The monoisotopic (exact) mass is 270 g/mol. The van der Waals surface area contributed by atoms with Crippen LogP contribution in [0.3, 0.4) is 0 Å². The summed E-state index contributed by atoms with van der Waals surface area (Å²) in [5.41, 5.74) is 2.18. The Morgan fingerprint density at radius 3 is 2.35 bits per heavy atom. The smallest absolute Gasteiger partial charge is 0.0753 e. The van der Waals surface area contributed by atoms with Crippen LogP contribution in [0.25, 0.3) is 0 Å². The Balaban J connectivity index is 2.21. The van der Waals surface area contributed by atoms with Crippen molar-refractivity contribution in [3.8, 4) is 0 Å². The lowest BCUT2D eigenvalue weighted by atomic mass is 10.0. The van der Waals surface area contributed by atoms with E-state index in [-0.39, 0.29) is 18.2 Å². The molecule has 0 amide bonds. The second-order valence-electron chi connectivity index (χ2n) is 5.25. The van der Waals surface area contributed by atoms with Crippen molar-refractivity contribution in [2.45, 2.75) is 38.5 Å². The summed E-state index contributed by atoms with van der Waals surface area (Å²) in [6, 6.07) is 16.5. The lowest BCUT2D eigenvalue weighted by Gasteiger charge is -2.24. The van der Waals surface area contributed by atoms with Gasteiger partial charge in [0.05, 0.1) is 17.8 Å². The summed E-state index contributed by atoms with van der Waals surface area (Å²) < 4.78 is 0. The zero-order valence-electron chi connectivity index (χ0n) is 12.0. The highest BCUT2D eigenvalue weighted by Crippen LogP contribution is 2.21. The molecule has 2 rings (SSSR count). The Kier molecular flexibility index (Phi) is 5.27. The van der Waals surface area contributed by atoms with E-state index < -0.39 is 0 Å². The number of nitrogens with one attached hydrogen (secondary N) is 1. The van der Waals surface area contributed by atoms with Crippen LogP contribution in [-0.4, -0.2) is 22.2 Å². The van der Waals surface area contributed by atoms with Crippen LogP contribution in [-0.2, 0) is 0 Å². The third-order valence-corrected chi connectivity index (χ3v) is 3.26. The molecule has 3 heteroatoms. The maximum absolute atomic E-state index is 9.52. The first-order valence-electron chi connectivity index (χ1n) is 7.07. The molecule has 106 valence electrons. The first-order chi connectivity index (χ1) is 9.66. The van der Waals surface area contributed by atoms with Crippen LogP contribution < -0.4 is 5.32 Å². The van der Waals surface area contributed by atoms with Crippen LogP contribution in [0.2, 0.25) is 0 Å². The van der Waals surface area contributed by atoms with E-state index in [1.54, 1.807) is 0 Å². The normalized spacial score (nSPS) is 15.6. The van der Waals surface area contributed by atoms with E-state index >= 15 is 0 Å². The van der Waals surface area contributed by atoms with Gasteiger partial charge in [-0.25, -0.2) is 0 Å². The summed E-state index contributed by atoms with van der Waals surface area (Å²) in [7, 11) is 0. The maximum Gasteiger partial charge on any atom is 0.0753 e. The largest absolute Gasteiger partial charge is 0.393 e. The third-order valence-electron chi connectivity index (χ3n) is 3.26. The number of aliphatic hydroxyl groups excluding tert-OH is 1. The summed E-state index contributed by atoms with van der Waals surface area (Å²) in [5.74, 6) is 0. The van der Waals surface area contributed by atoms with Crippen molar-refractivity contribution in [2.24, 2.45) is 0 Å². The summed E-state index contributed by atoms with van der Waals surface area (Å²) in [4.78, 5) is 4.46. The predicted octanol–water partition coefficient (Wildman–Crippen LogP) is 2.92. The molecule has 0 aliphatic heterocycles. The minimum absolute atomic E-state index is 0.0474. The highest BCUT2D eigenvalue weighted by molar-refractivity contribution is 5.27. The second kappa shape index (κ2) is 7.17. The van der Waals surface area contributed by atoms with Gasteiger partial charge in [-0.05, 0) is 38.0 Å². The Labute approximate surface area is 120 Å². The molecule has 0 bridgehead atoms. The summed E-state index contributed by atoms with van der Waals surface area (Å²) in [6.07, 6.45) is 2.22. The summed E-state index contributed by atoms with van der Waals surface area (Å²) in [6.45, 7) is 3.90. The van der Waals surface area contributed by atoms with Crippen molar-refractivity contribution in [3.63, 3.8) is 0 Å². The molecule has 2 N–H and O–H groups in total. The molecule has 1 heterocycles. The molecular weight excluding hydrogens is 248 g/mol. The van der Waals surface area contributed by atoms with Gasteiger partial charge < -0.3 is 10.4 Å². The Morgan fingerprint density at radius 2 is 1.75 bits per heavy atom. The topological polar surface area (TPSA) is 45.1 Å². The average molecular weight is 270 g/mol. The van der Waals surface area contributed by atoms with Crippen molar-refractivity contribution >= 4 is 0 Å². The van der Waals surface area contributed by atoms with Crippen molar-refractivity contribution in [2.75, 3.05) is 0 Å². The van der Waals surface area contributed by atoms with Gasteiger partial charge >= 0.3 is 0 Å². The Morgan fingerprint density at radius 1 is 1.05 bits per heavy atom. The zero-order chi connectivity index (χ0) is 14.4. The van der Waals surface area contributed by atoms with Gasteiger partial charge in [0.1, 0.15) is 0 Å². The molecule has 3 unspecified atom stereocenters. The van der Waals surface area contributed by atoms with Crippen molar-refractivity contribution in [1.82, 2.24) is 10.3 Å². The van der Waals surface area contributed by atoms with Gasteiger partial charge in [-0.15, -0.1) is 0 Å². The molecule has 3 nitrogen and oxygen atoms in total. The second-order valence-corrected chi connectivity index (χ2v) is 5.25. The van der Waals surface area contributed by atoms with E-state index in [2.05, 4.69) is 29.4 Å². The fourth-order valence-corrected chi connectivity index (χ4v) is 2.41. The Hall–Kier alpha value is -1.71. The fraction of sp³-hybridized carbons (Fsp3) is 0.353. The van der Waals surface area contributed by atoms with Gasteiger partial charge in [-0.1, -0.05) is 36.4 Å². The third kappa shape index (κ3) is 4.15. The van der Waals surface area contributed by atoms with E-state index in [0.29, 0.717) is 0 Å². The van der Waals surface area contributed by atoms with Crippen LogP contribution in [0, 0.1) is 0 Å². The van der Waals surface area contributed by atoms with Crippen molar-refractivity contribution in [3.05, 3.63) is 66.0 Å². The molecule has 0 radical (unpaired) electrons. The standard InChI is InChI=1S/C17H22N2O/c1-13(12-14(2)20)19-17(15-8-4-3-5-9-15)16-10-6-7-11-18-16/h3-11,13-14,17,19-20H,12H2,1-2H3. The van der Waals surface area contributed by atoms with E-state index in [0.717, 1.165) is 12.1 Å². The first-order valence-corrected chi connectivity index (χ1v) is 7.07. The van der Waals surface area contributed by atoms with Crippen LogP contribution in [0.5, 0.6) is 0 Å². The van der Waals surface area contributed by atoms with E-state index in [4.69, 9.17) is 0 Å². The number of nitrogens with zero attached hydrogens (tertiary/aromatic N) is 1. The predicted molar refractivity (Wildman–Crippen MR) is 81.4 cm³/mol. The van der Waals surface area contributed by atoms with Gasteiger partial charge in [0, 0.05) is 12.2 Å². The lowest BCUT2D eigenvalue weighted by Crippen LogP contribution is -2.33. The highest BCUT2D eigenvalue weighted by Gasteiger charge is 2.18. The van der Waals surface area contributed by atoms with Gasteiger partial charge in [-0.2, -0.15) is 0 Å². The molecule has 0 aliphatic carbocycles. The molecule has 20 heavy (non-hydrogen) atoms. The van der Waals surface area contributed by atoms with Crippen LogP contribution >= 0.6 is 0 Å². The Bertz CT molecular complexity index is 459. The molecule has 2 aromatic rings. The molecule has 0 saturated carbocycles. The minimum Gasteiger partial charge on any atom is -0.393 e. The van der Waals surface area contributed by atoms with Gasteiger partial charge in [0.25, 0.3) is 0 Å². The van der Waals surface area contributed by atoms with Crippen molar-refractivity contribution in [1.29, 1.82) is 0 Å². The lowest BCUT2D eigenvalue weighted by molar-refractivity contribution is 0.169. The van der Waals surface area contributed by atoms with E-state index in [9.17, 15) is 5.11 Å². The van der Waals surface area contributed by atoms with Crippen LogP contribution in [0.15, 0.2) is 54.7 Å². The molecular formula is C17H22N2O. The molecule has 3 atom stereocenters. The number of benzene rings is 1. The van der Waals surface area contributed by atoms with Crippen LogP contribution in [0.4, 0.5) is 0 Å². The number of aromatic nitrogens is 1. The number of aliphatic hydroxyl groups is 1. The number of rotatable bonds is 6. The van der Waals surface area contributed by atoms with Crippen molar-refractivity contribution < 1.29 is 5.11 Å². The number of hydrogen-bond donors (Lipinski definition) is 2. The molecule has 0 fully saturated rings. The van der Waals surface area contributed by atoms with Gasteiger partial charge in [0.2, 0.25) is 0 Å². The quantitative estimate of drug-likeness (QED) is 0.848. The summed E-state index contributed by atoms with van der Waals surface area (Å²) >= 11 is 0. The zero-order valence-corrected chi connectivity index (χ0v) is 12.0. The molecule has 1 aromatic heterocycles. The number of pyridine rings is 1. The van der Waals surface area contributed by atoms with Gasteiger partial charge in [0.15, 0.2) is 0 Å². The number of hydrogen-bond acceptors (Lipinski definition) is 3. The van der Waals surface area contributed by atoms with Gasteiger partial charge in [-0.3, -0.25) is 4.98 Å². The molecule has 1 aromatic carbocycles. The van der Waals surface area contributed by atoms with E-state index in [1.807, 2.05) is 49.5 Å². The highest BCUT2D eigenvalue weighted by atomic mass is 16.3. The minimum atomic E-state index is -0.308. The molecule has 0 saturated heterocycles. The molecule has 0 spiro atoms. The van der Waals surface area contributed by atoms with Crippen LogP contribution in [0.1, 0.15) is 37.6 Å². The SMILES string of the molecule is CC(O)CC(C)NC(c1ccccc1)c1ccccn1. The van der Waals surface area contributed by atoms with E-state index in [1.165, 1.54) is 5.56 Å².